The first-order valence-electron chi connectivity index (χ1n) is 8.12. The van der Waals surface area contributed by atoms with Crippen molar-refractivity contribution < 1.29 is 14.6 Å². The minimum absolute atomic E-state index is 0.0917. The van der Waals surface area contributed by atoms with Gasteiger partial charge in [0.2, 0.25) is 5.78 Å². The molecule has 0 amide bonds. The van der Waals surface area contributed by atoms with E-state index >= 15 is 0 Å². The molecule has 9 nitrogen and oxygen atoms in total. The monoisotopic (exact) mass is 342 g/mol. The molecule has 1 saturated heterocycles. The van der Waals surface area contributed by atoms with Gasteiger partial charge < -0.3 is 15.2 Å². The quantitative estimate of drug-likeness (QED) is 0.694. The van der Waals surface area contributed by atoms with Gasteiger partial charge in [0, 0.05) is 31.5 Å². The van der Waals surface area contributed by atoms with Gasteiger partial charge in [0.25, 0.3) is 0 Å². The molecular weight excluding hydrogens is 324 g/mol. The van der Waals surface area contributed by atoms with Crippen molar-refractivity contribution in [2.45, 2.75) is 18.9 Å². The van der Waals surface area contributed by atoms with E-state index in [1.807, 2.05) is 10.9 Å². The predicted octanol–water partition coefficient (Wildman–Crippen LogP) is 1.24. The van der Waals surface area contributed by atoms with Gasteiger partial charge in [-0.05, 0) is 18.1 Å². The van der Waals surface area contributed by atoms with E-state index < -0.39 is 5.97 Å². The van der Waals surface area contributed by atoms with Crippen molar-refractivity contribution in [3.63, 3.8) is 0 Å². The highest BCUT2D eigenvalue weighted by molar-refractivity contribution is 5.86. The Labute approximate surface area is 143 Å². The second-order valence-electron chi connectivity index (χ2n) is 5.96. The number of carboxylic acids is 1. The van der Waals surface area contributed by atoms with Crippen molar-refractivity contribution in [3.8, 4) is 0 Å². The van der Waals surface area contributed by atoms with E-state index in [0.29, 0.717) is 30.6 Å². The van der Waals surface area contributed by atoms with Crippen molar-refractivity contribution in [3.05, 3.63) is 42.1 Å². The average Bonchev–Trinajstić information content (AvgIpc) is 3.34. The summed E-state index contributed by atoms with van der Waals surface area (Å²) in [5, 5.41) is 16.7. The lowest BCUT2D eigenvalue weighted by Crippen LogP contribution is -2.12. The zero-order chi connectivity index (χ0) is 17.2. The summed E-state index contributed by atoms with van der Waals surface area (Å²) < 4.78 is 8.75. The zero-order valence-corrected chi connectivity index (χ0v) is 13.5. The molecular formula is C16H18N6O3. The molecule has 0 radical (unpaired) electrons. The van der Waals surface area contributed by atoms with Crippen LogP contribution in [0.2, 0.25) is 0 Å². The van der Waals surface area contributed by atoms with Crippen LogP contribution in [0.4, 0.5) is 5.82 Å². The number of nitrogens with one attached hydrogen (secondary N) is 1. The molecule has 3 aromatic rings. The van der Waals surface area contributed by atoms with E-state index in [1.165, 1.54) is 16.2 Å². The van der Waals surface area contributed by atoms with Gasteiger partial charge in [-0.2, -0.15) is 10.1 Å². The molecule has 4 rings (SSSR count). The smallest absolute Gasteiger partial charge is 0.354 e. The third-order valence-corrected chi connectivity index (χ3v) is 4.30. The van der Waals surface area contributed by atoms with Crippen LogP contribution in [0, 0.1) is 0 Å². The maximum atomic E-state index is 11.1. The zero-order valence-electron chi connectivity index (χ0n) is 13.5. The molecule has 0 saturated carbocycles. The molecule has 9 heteroatoms. The molecule has 2 N–H and O–H groups in total. The largest absolute Gasteiger partial charge is 0.477 e. The molecule has 0 aliphatic carbocycles. The first-order chi connectivity index (χ1) is 12.2. The summed E-state index contributed by atoms with van der Waals surface area (Å²) in [6.45, 7) is 2.95. The molecule has 1 unspecified atom stereocenters. The normalized spacial score (nSPS) is 17.2. The number of carboxylic acid groups (broad SMARTS) is 1. The van der Waals surface area contributed by atoms with Crippen LogP contribution in [0.1, 0.15) is 28.4 Å². The topological polar surface area (TPSA) is 107 Å². The lowest BCUT2D eigenvalue weighted by molar-refractivity contribution is 0.0689. The Kier molecular flexibility index (Phi) is 4.06. The second kappa shape index (κ2) is 6.52. The Morgan fingerprint density at radius 2 is 2.36 bits per heavy atom. The summed E-state index contributed by atoms with van der Waals surface area (Å²) in [7, 11) is 0. The number of anilines is 1. The number of ether oxygens (including phenoxy) is 1. The van der Waals surface area contributed by atoms with Crippen molar-refractivity contribution in [1.29, 1.82) is 0 Å². The van der Waals surface area contributed by atoms with Crippen LogP contribution in [0.3, 0.4) is 0 Å². The summed E-state index contributed by atoms with van der Waals surface area (Å²) in [6.07, 6.45) is 7.96. The highest BCUT2D eigenvalue weighted by Crippen LogP contribution is 2.24. The van der Waals surface area contributed by atoms with Crippen molar-refractivity contribution in [2.24, 2.45) is 0 Å². The van der Waals surface area contributed by atoms with Gasteiger partial charge in [0.1, 0.15) is 5.82 Å². The summed E-state index contributed by atoms with van der Waals surface area (Å²) in [4.78, 5) is 19.4. The maximum absolute atomic E-state index is 11.1. The Morgan fingerprint density at radius 3 is 3.16 bits per heavy atom. The first-order valence-corrected chi connectivity index (χ1v) is 8.12. The Balaban J connectivity index is 1.37. The molecule has 0 aromatic carbocycles. The number of rotatable bonds is 6. The van der Waals surface area contributed by atoms with Gasteiger partial charge in [0.15, 0.2) is 5.69 Å². The average molecular weight is 342 g/mol. The first kappa shape index (κ1) is 15.6. The third-order valence-electron chi connectivity index (χ3n) is 4.30. The lowest BCUT2D eigenvalue weighted by atomic mass is 10.0. The van der Waals surface area contributed by atoms with Crippen molar-refractivity contribution in [2.75, 3.05) is 25.1 Å². The van der Waals surface area contributed by atoms with E-state index in [9.17, 15) is 4.79 Å². The van der Waals surface area contributed by atoms with E-state index in [4.69, 9.17) is 9.84 Å². The van der Waals surface area contributed by atoms with Crippen LogP contribution in [-0.2, 0) is 11.3 Å². The van der Waals surface area contributed by atoms with Gasteiger partial charge in [-0.15, -0.1) is 0 Å². The van der Waals surface area contributed by atoms with Crippen LogP contribution >= 0.6 is 0 Å². The number of imidazole rings is 1. The number of nitrogens with zero attached hydrogens (tertiary/aromatic N) is 5. The predicted molar refractivity (Wildman–Crippen MR) is 88.8 cm³/mol. The van der Waals surface area contributed by atoms with Gasteiger partial charge in [-0.3, -0.25) is 9.08 Å². The Hall–Kier alpha value is -2.94. The number of hydrogen-bond acceptors (Lipinski definition) is 6. The van der Waals surface area contributed by atoms with Crippen LogP contribution in [0.25, 0.3) is 5.78 Å². The minimum Gasteiger partial charge on any atom is -0.477 e. The van der Waals surface area contributed by atoms with E-state index in [1.54, 1.807) is 12.3 Å². The van der Waals surface area contributed by atoms with Gasteiger partial charge in [-0.25, -0.2) is 9.78 Å². The highest BCUT2D eigenvalue weighted by Gasteiger charge is 2.19. The van der Waals surface area contributed by atoms with Crippen LogP contribution < -0.4 is 5.32 Å². The molecule has 1 aliphatic heterocycles. The number of aromatic nitrogens is 5. The summed E-state index contributed by atoms with van der Waals surface area (Å²) in [6, 6.07) is 1.73. The molecule has 130 valence electrons. The SMILES string of the molecule is O=C(O)c1cnc2nc(NCCn3cc(C4CCOC4)cn3)ccn12. The number of hydrogen-bond donors (Lipinski definition) is 2. The lowest BCUT2D eigenvalue weighted by Gasteiger charge is -2.06. The maximum Gasteiger partial charge on any atom is 0.354 e. The standard InChI is InChI=1S/C16H18N6O3/c23-15(24)13-8-18-16-20-14(1-4-22(13)16)17-3-5-21-9-12(7-19-21)11-2-6-25-10-11/h1,4,7-9,11H,2-3,5-6,10H2,(H,23,24)(H,17,18,20). The number of fused-ring (bicyclic) bond motifs is 1. The van der Waals surface area contributed by atoms with E-state index in [0.717, 1.165) is 19.6 Å². The van der Waals surface area contributed by atoms with Crippen LogP contribution in [0.15, 0.2) is 30.9 Å². The fourth-order valence-electron chi connectivity index (χ4n) is 2.94. The summed E-state index contributed by atoms with van der Waals surface area (Å²) >= 11 is 0. The van der Waals surface area contributed by atoms with Gasteiger partial charge in [-0.1, -0.05) is 0 Å². The van der Waals surface area contributed by atoms with Crippen molar-refractivity contribution >= 4 is 17.6 Å². The number of aromatic carboxylic acids is 1. The molecule has 1 fully saturated rings. The molecule has 0 spiro atoms. The van der Waals surface area contributed by atoms with Gasteiger partial charge in [0.05, 0.1) is 25.5 Å². The minimum atomic E-state index is -1.03. The van der Waals surface area contributed by atoms with Crippen molar-refractivity contribution in [1.82, 2.24) is 24.1 Å². The number of carbonyl (C=O) groups is 1. The summed E-state index contributed by atoms with van der Waals surface area (Å²) in [5.41, 5.74) is 1.31. The molecule has 1 atom stereocenters. The van der Waals surface area contributed by atoms with Crippen LogP contribution in [0.5, 0.6) is 0 Å². The molecule has 4 heterocycles. The van der Waals surface area contributed by atoms with Gasteiger partial charge >= 0.3 is 5.97 Å². The Bertz CT molecular complexity index is 896. The molecule has 3 aromatic heterocycles. The van der Waals surface area contributed by atoms with Crippen LogP contribution in [-0.4, -0.2) is 55.0 Å². The highest BCUT2D eigenvalue weighted by atomic mass is 16.5. The fourth-order valence-corrected chi connectivity index (χ4v) is 2.94. The Morgan fingerprint density at radius 1 is 1.44 bits per heavy atom. The second-order valence-corrected chi connectivity index (χ2v) is 5.96. The molecule has 1 aliphatic rings. The molecule has 0 bridgehead atoms. The third kappa shape index (κ3) is 3.18. The fraction of sp³-hybridized carbons (Fsp3) is 0.375. The van der Waals surface area contributed by atoms with E-state index in [2.05, 4.69) is 26.6 Å². The van der Waals surface area contributed by atoms with E-state index in [-0.39, 0.29) is 5.69 Å². The summed E-state index contributed by atoms with van der Waals surface area (Å²) in [5.74, 6) is 0.420. The molecule has 25 heavy (non-hydrogen) atoms.